The van der Waals surface area contributed by atoms with Crippen LogP contribution in [0.4, 0.5) is 17.6 Å². The number of rotatable bonds is 6. The summed E-state index contributed by atoms with van der Waals surface area (Å²) in [6.45, 7) is 9.24. The smallest absolute Gasteiger partial charge is 0.232 e. The summed E-state index contributed by atoms with van der Waals surface area (Å²) in [4.78, 5) is 14.5. The van der Waals surface area contributed by atoms with Crippen LogP contribution in [-0.4, -0.2) is 41.3 Å². The summed E-state index contributed by atoms with van der Waals surface area (Å²) in [6.07, 6.45) is 4.95. The number of aromatic nitrogens is 2. The summed E-state index contributed by atoms with van der Waals surface area (Å²) in [7, 11) is 0. The van der Waals surface area contributed by atoms with E-state index >= 15 is 0 Å². The number of nitrogens with zero attached hydrogens (tertiary/aromatic N) is 4. The fraction of sp³-hybridized carbons (Fsp3) is 0.464. The van der Waals surface area contributed by atoms with Crippen LogP contribution in [0.1, 0.15) is 45.3 Å². The molecule has 0 aliphatic carbocycles. The molecule has 0 saturated carbocycles. The van der Waals surface area contributed by atoms with Gasteiger partial charge in [0.1, 0.15) is 23.2 Å². The van der Waals surface area contributed by atoms with E-state index in [1.165, 1.54) is 25.7 Å². The van der Waals surface area contributed by atoms with Gasteiger partial charge in [0, 0.05) is 37.8 Å². The third-order valence-corrected chi connectivity index (χ3v) is 7.19. The predicted molar refractivity (Wildman–Crippen MR) is 150 cm³/mol. The van der Waals surface area contributed by atoms with Crippen molar-refractivity contribution in [3.8, 4) is 11.3 Å². The van der Waals surface area contributed by atoms with Crippen molar-refractivity contribution in [2.45, 2.75) is 46.1 Å². The number of anilines is 3. The topological polar surface area (TPSA) is 69.5 Å². The van der Waals surface area contributed by atoms with Crippen LogP contribution in [0.5, 0.6) is 0 Å². The van der Waals surface area contributed by atoms with E-state index in [0.717, 1.165) is 54.9 Å². The van der Waals surface area contributed by atoms with E-state index < -0.39 is 0 Å². The average Bonchev–Trinajstić information content (AvgIpc) is 3.37. The van der Waals surface area contributed by atoms with E-state index in [-0.39, 0.29) is 0 Å². The van der Waals surface area contributed by atoms with Crippen molar-refractivity contribution in [3.05, 3.63) is 54.3 Å². The SMILES string of the molecule is CC1CC(C)CN(c2cc(N3CCCCC3)nc(NC(=S)NCc3ccc(-c4ccccc4)o3)n2)C1. The second kappa shape index (κ2) is 11.3. The molecule has 4 heterocycles. The van der Waals surface area contributed by atoms with Crippen LogP contribution >= 0.6 is 12.2 Å². The molecule has 8 heteroatoms. The van der Waals surface area contributed by atoms with Crippen molar-refractivity contribution in [3.63, 3.8) is 0 Å². The fourth-order valence-corrected chi connectivity index (χ4v) is 5.48. The number of benzene rings is 1. The van der Waals surface area contributed by atoms with Crippen LogP contribution in [0.3, 0.4) is 0 Å². The number of hydrogen-bond acceptors (Lipinski definition) is 6. The minimum atomic E-state index is 0.481. The zero-order valence-electron chi connectivity index (χ0n) is 21.2. The van der Waals surface area contributed by atoms with Crippen LogP contribution < -0.4 is 20.4 Å². The zero-order chi connectivity index (χ0) is 24.9. The Hall–Kier alpha value is -3.13. The molecular formula is C28H36N6OS. The minimum Gasteiger partial charge on any atom is -0.459 e. The number of hydrogen-bond donors (Lipinski definition) is 2. The molecule has 2 N–H and O–H groups in total. The first-order chi connectivity index (χ1) is 17.5. The Morgan fingerprint density at radius 1 is 0.944 bits per heavy atom. The van der Waals surface area contributed by atoms with Gasteiger partial charge in [-0.2, -0.15) is 9.97 Å². The van der Waals surface area contributed by atoms with Gasteiger partial charge in [-0.15, -0.1) is 0 Å². The molecule has 2 aromatic heterocycles. The van der Waals surface area contributed by atoms with Crippen molar-refractivity contribution < 1.29 is 4.42 Å². The van der Waals surface area contributed by atoms with Crippen LogP contribution in [0.15, 0.2) is 52.9 Å². The lowest BCUT2D eigenvalue weighted by Gasteiger charge is -2.36. The molecular weight excluding hydrogens is 468 g/mol. The van der Waals surface area contributed by atoms with Crippen molar-refractivity contribution in [2.24, 2.45) is 11.8 Å². The third kappa shape index (κ3) is 6.16. The Labute approximate surface area is 219 Å². The first-order valence-electron chi connectivity index (χ1n) is 13.1. The first kappa shape index (κ1) is 24.6. The Balaban J connectivity index is 1.28. The molecule has 2 fully saturated rings. The zero-order valence-corrected chi connectivity index (χ0v) is 22.1. The van der Waals surface area contributed by atoms with E-state index in [9.17, 15) is 0 Å². The fourth-order valence-electron chi connectivity index (χ4n) is 5.32. The van der Waals surface area contributed by atoms with Gasteiger partial charge in [-0.05, 0) is 61.9 Å². The van der Waals surface area contributed by atoms with Crippen molar-refractivity contribution in [1.29, 1.82) is 0 Å². The van der Waals surface area contributed by atoms with E-state index in [0.29, 0.717) is 29.4 Å². The second-order valence-electron chi connectivity index (χ2n) is 10.2. The van der Waals surface area contributed by atoms with Gasteiger partial charge in [-0.3, -0.25) is 0 Å². The van der Waals surface area contributed by atoms with Crippen LogP contribution in [0.2, 0.25) is 0 Å². The Morgan fingerprint density at radius 2 is 1.64 bits per heavy atom. The molecule has 36 heavy (non-hydrogen) atoms. The first-order valence-corrected chi connectivity index (χ1v) is 13.5. The highest BCUT2D eigenvalue weighted by atomic mass is 32.1. The molecule has 2 atom stereocenters. The van der Waals surface area contributed by atoms with E-state index in [4.69, 9.17) is 26.6 Å². The van der Waals surface area contributed by atoms with Gasteiger partial charge in [0.05, 0.1) is 6.54 Å². The average molecular weight is 505 g/mol. The number of nitrogens with one attached hydrogen (secondary N) is 2. The Kier molecular flexibility index (Phi) is 7.70. The van der Waals surface area contributed by atoms with E-state index in [1.54, 1.807) is 0 Å². The molecule has 1 aromatic carbocycles. The lowest BCUT2D eigenvalue weighted by Crippen LogP contribution is -2.40. The van der Waals surface area contributed by atoms with Gasteiger partial charge < -0.3 is 24.9 Å². The van der Waals surface area contributed by atoms with Gasteiger partial charge in [0.15, 0.2) is 5.11 Å². The number of furan rings is 1. The monoisotopic (exact) mass is 504 g/mol. The summed E-state index contributed by atoms with van der Waals surface area (Å²) in [5.41, 5.74) is 1.06. The highest BCUT2D eigenvalue weighted by Gasteiger charge is 2.25. The molecule has 0 spiro atoms. The molecule has 2 saturated heterocycles. The third-order valence-electron chi connectivity index (χ3n) is 6.94. The number of thiocarbonyl (C=S) groups is 1. The quantitative estimate of drug-likeness (QED) is 0.415. The minimum absolute atomic E-state index is 0.481. The molecule has 2 unspecified atom stereocenters. The van der Waals surface area contributed by atoms with Crippen LogP contribution in [-0.2, 0) is 6.54 Å². The summed E-state index contributed by atoms with van der Waals surface area (Å²) >= 11 is 5.60. The van der Waals surface area contributed by atoms with Gasteiger partial charge in [-0.25, -0.2) is 0 Å². The largest absolute Gasteiger partial charge is 0.459 e. The molecule has 190 valence electrons. The van der Waals surface area contributed by atoms with E-state index in [2.05, 4.69) is 40.3 Å². The van der Waals surface area contributed by atoms with Crippen molar-refractivity contribution in [1.82, 2.24) is 15.3 Å². The maximum Gasteiger partial charge on any atom is 0.232 e. The van der Waals surface area contributed by atoms with Gasteiger partial charge in [0.2, 0.25) is 5.95 Å². The molecule has 7 nitrogen and oxygen atoms in total. The van der Waals surface area contributed by atoms with E-state index in [1.807, 2.05) is 42.5 Å². The molecule has 0 radical (unpaired) electrons. The molecule has 2 aliphatic rings. The normalized spacial score (nSPS) is 20.3. The van der Waals surface area contributed by atoms with Crippen LogP contribution in [0.25, 0.3) is 11.3 Å². The summed E-state index contributed by atoms with van der Waals surface area (Å²) in [5.74, 6) is 5.46. The maximum absolute atomic E-state index is 5.99. The predicted octanol–water partition coefficient (Wildman–Crippen LogP) is 5.70. The van der Waals surface area contributed by atoms with Gasteiger partial charge in [0.25, 0.3) is 0 Å². The standard InChI is InChI=1S/C28H36N6OS/c1-20-15-21(2)19-34(18-20)26-16-25(33-13-7-4-8-14-33)30-27(31-26)32-28(36)29-17-23-11-12-24(35-23)22-9-5-3-6-10-22/h3,5-6,9-12,16,20-21H,4,7-8,13-15,17-19H2,1-2H3,(H2,29,30,31,32,36). The summed E-state index contributed by atoms with van der Waals surface area (Å²) < 4.78 is 5.99. The lowest BCUT2D eigenvalue weighted by molar-refractivity contribution is 0.355. The molecule has 5 rings (SSSR count). The summed E-state index contributed by atoms with van der Waals surface area (Å²) in [5, 5.41) is 6.96. The Morgan fingerprint density at radius 3 is 2.36 bits per heavy atom. The lowest BCUT2D eigenvalue weighted by atomic mass is 9.92. The van der Waals surface area contributed by atoms with Gasteiger partial charge >= 0.3 is 0 Å². The van der Waals surface area contributed by atoms with Crippen molar-refractivity contribution in [2.75, 3.05) is 41.3 Å². The van der Waals surface area contributed by atoms with Crippen molar-refractivity contribution >= 4 is 34.9 Å². The Bertz CT molecular complexity index is 1150. The highest BCUT2D eigenvalue weighted by molar-refractivity contribution is 7.80. The molecule has 2 aliphatic heterocycles. The molecule has 3 aromatic rings. The number of piperidine rings is 2. The second-order valence-corrected chi connectivity index (χ2v) is 10.7. The molecule has 0 bridgehead atoms. The summed E-state index contributed by atoms with van der Waals surface area (Å²) in [6, 6.07) is 16.2. The highest BCUT2D eigenvalue weighted by Crippen LogP contribution is 2.29. The maximum atomic E-state index is 5.99. The van der Waals surface area contributed by atoms with Crippen LogP contribution in [0, 0.1) is 11.8 Å². The van der Waals surface area contributed by atoms with Gasteiger partial charge in [-0.1, -0.05) is 44.2 Å². The molecule has 0 amide bonds.